The van der Waals surface area contributed by atoms with Crippen molar-refractivity contribution in [2.75, 3.05) is 0 Å². The lowest BCUT2D eigenvalue weighted by Crippen LogP contribution is -2.22. The molecule has 4 aromatic rings. The Hall–Kier alpha value is -3.86. The van der Waals surface area contributed by atoms with E-state index in [9.17, 15) is 9.90 Å². The second-order valence-electron chi connectivity index (χ2n) is 6.29. The van der Waals surface area contributed by atoms with Gasteiger partial charge in [0.25, 0.3) is 0 Å². The molecular formula is C23H17N2O3-. The van der Waals surface area contributed by atoms with Crippen molar-refractivity contribution in [2.24, 2.45) is 0 Å². The van der Waals surface area contributed by atoms with Gasteiger partial charge in [0, 0.05) is 5.56 Å². The Morgan fingerprint density at radius 1 is 0.964 bits per heavy atom. The molecule has 0 fully saturated rings. The van der Waals surface area contributed by atoms with Gasteiger partial charge in [-0.1, -0.05) is 60.7 Å². The molecule has 28 heavy (non-hydrogen) atoms. The molecule has 0 bridgehead atoms. The van der Waals surface area contributed by atoms with E-state index in [2.05, 4.69) is 9.97 Å². The predicted octanol–water partition coefficient (Wildman–Crippen LogP) is 3.68. The van der Waals surface area contributed by atoms with E-state index in [-0.39, 0.29) is 5.56 Å². The Morgan fingerprint density at radius 2 is 1.75 bits per heavy atom. The monoisotopic (exact) mass is 369 g/mol. The predicted molar refractivity (Wildman–Crippen MR) is 107 cm³/mol. The van der Waals surface area contributed by atoms with Gasteiger partial charge in [-0.15, -0.1) is 0 Å². The number of rotatable bonds is 6. The number of carbonyl (C=O) groups excluding carboxylic acids is 1. The molecule has 1 aromatic heterocycles. The van der Waals surface area contributed by atoms with Crippen LogP contribution in [0.4, 0.5) is 0 Å². The van der Waals surface area contributed by atoms with Gasteiger partial charge in [0.2, 0.25) is 0 Å². The number of carbonyl (C=O) groups is 1. The minimum atomic E-state index is -1.24. The van der Waals surface area contributed by atoms with Gasteiger partial charge in [0.1, 0.15) is 18.2 Å². The Balaban J connectivity index is 1.45. The molecule has 4 rings (SSSR count). The Labute approximate surface area is 161 Å². The van der Waals surface area contributed by atoms with Crippen LogP contribution in [-0.2, 0) is 6.61 Å². The van der Waals surface area contributed by atoms with Crippen LogP contribution in [0.25, 0.3) is 23.2 Å². The molecule has 0 atom stereocenters. The summed E-state index contributed by atoms with van der Waals surface area (Å²) in [4.78, 5) is 18.6. The third-order valence-electron chi connectivity index (χ3n) is 4.31. The fourth-order valence-corrected chi connectivity index (χ4v) is 2.89. The van der Waals surface area contributed by atoms with Crippen molar-refractivity contribution in [3.8, 4) is 5.75 Å². The minimum Gasteiger partial charge on any atom is -0.545 e. The van der Waals surface area contributed by atoms with Crippen molar-refractivity contribution in [3.05, 3.63) is 95.3 Å². The number of nitrogens with zero attached hydrogens (tertiary/aromatic N) is 1. The second kappa shape index (κ2) is 7.80. The molecule has 0 amide bonds. The number of carboxylic acids is 1. The van der Waals surface area contributed by atoms with Crippen LogP contribution < -0.4 is 9.84 Å². The minimum absolute atomic E-state index is 0.0771. The Morgan fingerprint density at radius 3 is 2.50 bits per heavy atom. The Kier molecular flexibility index (Phi) is 4.89. The number of hydrogen-bond donors (Lipinski definition) is 1. The first-order valence-electron chi connectivity index (χ1n) is 8.84. The quantitative estimate of drug-likeness (QED) is 0.562. The van der Waals surface area contributed by atoms with Crippen LogP contribution >= 0.6 is 0 Å². The molecule has 0 unspecified atom stereocenters. The fourth-order valence-electron chi connectivity index (χ4n) is 2.89. The van der Waals surface area contributed by atoms with E-state index in [4.69, 9.17) is 4.74 Å². The maximum Gasteiger partial charge on any atom is 0.131 e. The molecule has 3 aromatic carbocycles. The summed E-state index contributed by atoms with van der Waals surface area (Å²) in [5.41, 5.74) is 3.23. The summed E-state index contributed by atoms with van der Waals surface area (Å²) in [7, 11) is 0. The normalized spacial score (nSPS) is 11.1. The van der Waals surface area contributed by atoms with Gasteiger partial charge in [-0.25, -0.2) is 4.98 Å². The number of aromatic nitrogens is 2. The van der Waals surface area contributed by atoms with E-state index in [1.807, 2.05) is 60.7 Å². The molecule has 138 valence electrons. The molecule has 0 saturated carbocycles. The molecule has 0 aliphatic heterocycles. The fraction of sp³-hybridized carbons (Fsp3) is 0.0435. The van der Waals surface area contributed by atoms with Gasteiger partial charge in [-0.3, -0.25) is 0 Å². The second-order valence-corrected chi connectivity index (χ2v) is 6.29. The van der Waals surface area contributed by atoms with Crippen LogP contribution in [0.2, 0.25) is 0 Å². The highest BCUT2D eigenvalue weighted by Crippen LogP contribution is 2.19. The van der Waals surface area contributed by atoms with Crippen LogP contribution in [0.3, 0.4) is 0 Å². The van der Waals surface area contributed by atoms with Crippen LogP contribution in [-0.4, -0.2) is 15.9 Å². The first kappa shape index (κ1) is 17.5. The number of imidazole rings is 1. The molecule has 1 heterocycles. The molecular weight excluding hydrogens is 352 g/mol. The average molecular weight is 369 g/mol. The lowest BCUT2D eigenvalue weighted by atomic mass is 10.2. The van der Waals surface area contributed by atoms with E-state index in [0.717, 1.165) is 16.9 Å². The average Bonchev–Trinajstić information content (AvgIpc) is 3.15. The number of ether oxygens (including phenoxy) is 1. The number of hydrogen-bond acceptors (Lipinski definition) is 4. The van der Waals surface area contributed by atoms with Crippen molar-refractivity contribution in [3.63, 3.8) is 0 Å². The van der Waals surface area contributed by atoms with E-state index in [1.165, 1.54) is 6.07 Å². The zero-order valence-electron chi connectivity index (χ0n) is 15.0. The van der Waals surface area contributed by atoms with Crippen LogP contribution in [0.15, 0.2) is 72.8 Å². The van der Waals surface area contributed by atoms with Crippen molar-refractivity contribution >= 4 is 29.2 Å². The molecule has 0 aliphatic rings. The summed E-state index contributed by atoms with van der Waals surface area (Å²) in [6.45, 7) is 0.524. The van der Waals surface area contributed by atoms with E-state index < -0.39 is 5.97 Å². The number of fused-ring (bicyclic) bond motifs is 1. The third kappa shape index (κ3) is 3.94. The van der Waals surface area contributed by atoms with Crippen LogP contribution in [0.5, 0.6) is 5.75 Å². The summed E-state index contributed by atoms with van der Waals surface area (Å²) in [6, 6.07) is 22.7. The number of H-pyrrole nitrogens is 1. The number of para-hydroxylation sites is 1. The highest BCUT2D eigenvalue weighted by molar-refractivity contribution is 6.00. The van der Waals surface area contributed by atoms with Crippen molar-refractivity contribution in [1.82, 2.24) is 9.97 Å². The van der Waals surface area contributed by atoms with E-state index in [1.54, 1.807) is 18.2 Å². The molecule has 5 heteroatoms. The number of nitrogens with one attached hydrogen (secondary N) is 1. The summed E-state index contributed by atoms with van der Waals surface area (Å²) in [5, 5.41) is 11.2. The topological polar surface area (TPSA) is 78.0 Å². The van der Waals surface area contributed by atoms with Gasteiger partial charge in [-0.05, 0) is 35.4 Å². The van der Waals surface area contributed by atoms with Crippen molar-refractivity contribution in [2.45, 2.75) is 6.61 Å². The largest absolute Gasteiger partial charge is 0.545 e. The van der Waals surface area contributed by atoms with Gasteiger partial charge in [0.15, 0.2) is 0 Å². The van der Waals surface area contributed by atoms with E-state index in [0.29, 0.717) is 23.5 Å². The van der Waals surface area contributed by atoms with Gasteiger partial charge in [0.05, 0.1) is 17.0 Å². The maximum absolute atomic E-state index is 11.2. The lowest BCUT2D eigenvalue weighted by molar-refractivity contribution is -0.254. The zero-order valence-corrected chi connectivity index (χ0v) is 15.0. The van der Waals surface area contributed by atoms with Crippen molar-refractivity contribution < 1.29 is 14.6 Å². The van der Waals surface area contributed by atoms with Gasteiger partial charge in [-0.2, -0.15) is 0 Å². The smallest absolute Gasteiger partial charge is 0.131 e. The Bertz CT molecular complexity index is 1130. The lowest BCUT2D eigenvalue weighted by Gasteiger charge is -2.06. The van der Waals surface area contributed by atoms with Gasteiger partial charge >= 0.3 is 0 Å². The molecule has 0 spiro atoms. The highest BCUT2D eigenvalue weighted by Gasteiger charge is 2.06. The number of carboxylic acid groups (broad SMARTS) is 1. The number of aromatic amines is 1. The molecule has 0 aliphatic carbocycles. The van der Waals surface area contributed by atoms with Crippen LogP contribution in [0.1, 0.15) is 27.3 Å². The standard InChI is InChI=1S/C23H18N2O3/c26-23(27)19-7-4-8-20-22(19)25-21(24-20)14-11-16-9-12-18(13-10-16)28-15-17-5-2-1-3-6-17/h1-14H,15H2,(H,24,25)(H,26,27)/p-1/b14-11+. The SMILES string of the molecule is O=C([O-])c1cccc2[nH]c(/C=C/c3ccc(OCc4ccccc4)cc3)nc12. The summed E-state index contributed by atoms with van der Waals surface area (Å²) >= 11 is 0. The first-order chi connectivity index (χ1) is 13.7. The third-order valence-corrected chi connectivity index (χ3v) is 4.31. The number of aromatic carboxylic acids is 1. The summed E-state index contributed by atoms with van der Waals surface area (Å²) in [5.74, 6) is 0.134. The maximum atomic E-state index is 11.2. The molecule has 5 nitrogen and oxygen atoms in total. The summed E-state index contributed by atoms with van der Waals surface area (Å²) in [6.07, 6.45) is 3.70. The molecule has 0 saturated heterocycles. The number of benzene rings is 3. The summed E-state index contributed by atoms with van der Waals surface area (Å²) < 4.78 is 5.78. The van der Waals surface area contributed by atoms with Gasteiger partial charge < -0.3 is 19.6 Å². The van der Waals surface area contributed by atoms with Crippen LogP contribution in [0, 0.1) is 0 Å². The first-order valence-corrected chi connectivity index (χ1v) is 8.84. The zero-order chi connectivity index (χ0) is 19.3. The van der Waals surface area contributed by atoms with Crippen molar-refractivity contribution in [1.29, 1.82) is 0 Å². The van der Waals surface area contributed by atoms with E-state index >= 15 is 0 Å². The molecule has 0 radical (unpaired) electrons. The molecule has 1 N–H and O–H groups in total. The highest BCUT2D eigenvalue weighted by atomic mass is 16.5.